The first-order chi connectivity index (χ1) is 15.0. The van der Waals surface area contributed by atoms with Gasteiger partial charge in [0.1, 0.15) is 17.7 Å². The number of benzene rings is 2. The number of nitrogens with one attached hydrogen (secondary N) is 1. The van der Waals surface area contributed by atoms with Crippen molar-refractivity contribution >= 4 is 46.3 Å². The summed E-state index contributed by atoms with van der Waals surface area (Å²) in [7, 11) is 0. The predicted molar refractivity (Wildman–Crippen MR) is 124 cm³/mol. The van der Waals surface area contributed by atoms with Crippen LogP contribution in [0.25, 0.3) is 5.57 Å². The van der Waals surface area contributed by atoms with Gasteiger partial charge in [0.15, 0.2) is 0 Å². The van der Waals surface area contributed by atoms with E-state index in [0.717, 1.165) is 25.7 Å². The van der Waals surface area contributed by atoms with Crippen molar-refractivity contribution in [2.45, 2.75) is 38.6 Å². The molecule has 1 unspecified atom stereocenters. The Morgan fingerprint density at radius 3 is 2.23 bits per heavy atom. The average molecular weight is 456 g/mol. The number of hydrogen-bond donors (Lipinski definition) is 1. The van der Waals surface area contributed by atoms with Gasteiger partial charge in [-0.25, -0.2) is 0 Å². The van der Waals surface area contributed by atoms with Crippen molar-refractivity contribution in [1.29, 1.82) is 5.26 Å². The Hall–Kier alpha value is -2.81. The van der Waals surface area contributed by atoms with Crippen LogP contribution in [0.3, 0.4) is 0 Å². The molecule has 0 saturated heterocycles. The summed E-state index contributed by atoms with van der Waals surface area (Å²) < 4.78 is 0. The van der Waals surface area contributed by atoms with Crippen LogP contribution in [-0.4, -0.2) is 24.4 Å². The lowest BCUT2D eigenvalue weighted by molar-refractivity contribution is -0.123. The number of rotatable bonds is 8. The normalized spacial score (nSPS) is 15.9. The molecule has 2 aromatic carbocycles. The maximum atomic E-state index is 13.3. The molecular formula is C24H23Cl2N3O2. The summed E-state index contributed by atoms with van der Waals surface area (Å²) in [6.07, 6.45) is 4.07. The lowest BCUT2D eigenvalue weighted by Gasteiger charge is -2.26. The molecule has 2 aromatic rings. The van der Waals surface area contributed by atoms with E-state index >= 15 is 0 Å². The third-order valence-corrected chi connectivity index (χ3v) is 5.69. The predicted octanol–water partition coefficient (Wildman–Crippen LogP) is 5.38. The molecule has 0 aromatic heterocycles. The molecule has 0 spiro atoms. The van der Waals surface area contributed by atoms with Crippen LogP contribution in [0.5, 0.6) is 0 Å². The Morgan fingerprint density at radius 2 is 1.65 bits per heavy atom. The lowest BCUT2D eigenvalue weighted by Crippen LogP contribution is -2.47. The second-order valence-corrected chi connectivity index (χ2v) is 8.19. The van der Waals surface area contributed by atoms with E-state index in [1.54, 1.807) is 48.5 Å². The molecule has 0 aliphatic carbocycles. The van der Waals surface area contributed by atoms with E-state index in [1.807, 2.05) is 6.07 Å². The molecule has 3 rings (SSSR count). The van der Waals surface area contributed by atoms with Gasteiger partial charge in [0.25, 0.3) is 5.91 Å². The van der Waals surface area contributed by atoms with E-state index in [4.69, 9.17) is 23.2 Å². The topological polar surface area (TPSA) is 73.2 Å². The molecule has 0 fully saturated rings. The van der Waals surface area contributed by atoms with Gasteiger partial charge in [-0.3, -0.25) is 14.5 Å². The zero-order chi connectivity index (χ0) is 22.4. The highest BCUT2D eigenvalue weighted by Gasteiger charge is 2.44. The van der Waals surface area contributed by atoms with Crippen LogP contribution < -0.4 is 10.2 Å². The maximum Gasteiger partial charge on any atom is 0.270 e. The fraction of sp³-hybridized carbons (Fsp3) is 0.292. The largest absolute Gasteiger partial charge is 0.354 e. The number of nitrogens with zero attached hydrogens (tertiary/aromatic N) is 2. The van der Waals surface area contributed by atoms with Crippen molar-refractivity contribution in [3.63, 3.8) is 0 Å². The van der Waals surface area contributed by atoms with Gasteiger partial charge in [-0.1, -0.05) is 61.5 Å². The second kappa shape index (κ2) is 10.5. The fourth-order valence-corrected chi connectivity index (χ4v) is 3.89. The monoisotopic (exact) mass is 455 g/mol. The van der Waals surface area contributed by atoms with Gasteiger partial charge in [0.2, 0.25) is 5.91 Å². The molecule has 1 aliphatic heterocycles. The van der Waals surface area contributed by atoms with E-state index in [9.17, 15) is 14.9 Å². The lowest BCUT2D eigenvalue weighted by atomic mass is 9.96. The summed E-state index contributed by atoms with van der Waals surface area (Å²) in [4.78, 5) is 27.9. The van der Waals surface area contributed by atoms with Gasteiger partial charge >= 0.3 is 0 Å². The minimum atomic E-state index is -0.962. The molecule has 0 bridgehead atoms. The van der Waals surface area contributed by atoms with E-state index in [2.05, 4.69) is 12.2 Å². The van der Waals surface area contributed by atoms with Crippen molar-refractivity contribution in [2.75, 3.05) is 11.4 Å². The Bertz CT molecular complexity index is 1020. The van der Waals surface area contributed by atoms with Crippen LogP contribution in [0.4, 0.5) is 5.69 Å². The van der Waals surface area contributed by atoms with Crippen molar-refractivity contribution in [2.24, 2.45) is 0 Å². The Labute approximate surface area is 192 Å². The minimum Gasteiger partial charge on any atom is -0.354 e. The number of anilines is 1. The molecule has 5 nitrogen and oxygen atoms in total. The Kier molecular flexibility index (Phi) is 7.73. The number of nitriles is 1. The van der Waals surface area contributed by atoms with Crippen molar-refractivity contribution < 1.29 is 9.59 Å². The van der Waals surface area contributed by atoms with Gasteiger partial charge in [0.05, 0.1) is 0 Å². The van der Waals surface area contributed by atoms with E-state index in [1.165, 1.54) is 4.90 Å². The zero-order valence-electron chi connectivity index (χ0n) is 17.2. The first kappa shape index (κ1) is 22.9. The smallest absolute Gasteiger partial charge is 0.270 e. The van der Waals surface area contributed by atoms with Crippen LogP contribution in [0.2, 0.25) is 10.0 Å². The van der Waals surface area contributed by atoms with Crippen LogP contribution in [0, 0.1) is 11.3 Å². The summed E-state index contributed by atoms with van der Waals surface area (Å²) in [5.41, 5.74) is 1.43. The van der Waals surface area contributed by atoms with E-state index in [-0.39, 0.29) is 11.5 Å². The molecule has 0 saturated carbocycles. The summed E-state index contributed by atoms with van der Waals surface area (Å²) in [5, 5.41) is 13.8. The molecule has 31 heavy (non-hydrogen) atoms. The fourth-order valence-electron chi connectivity index (χ4n) is 3.63. The van der Waals surface area contributed by atoms with Gasteiger partial charge in [-0.2, -0.15) is 5.26 Å². The number of hydrogen-bond acceptors (Lipinski definition) is 3. The molecule has 1 heterocycles. The van der Waals surface area contributed by atoms with Gasteiger partial charge in [-0.05, 0) is 48.4 Å². The highest BCUT2D eigenvalue weighted by atomic mass is 35.5. The maximum absolute atomic E-state index is 13.3. The quantitative estimate of drug-likeness (QED) is 0.542. The number of halogens is 2. The highest BCUT2D eigenvalue weighted by Crippen LogP contribution is 2.37. The summed E-state index contributed by atoms with van der Waals surface area (Å²) in [6.45, 7) is 2.63. The molecule has 160 valence electrons. The second-order valence-electron chi connectivity index (χ2n) is 7.31. The summed E-state index contributed by atoms with van der Waals surface area (Å²) in [6, 6.07) is 14.5. The summed E-state index contributed by atoms with van der Waals surface area (Å²) >= 11 is 12.0. The molecule has 2 amide bonds. The van der Waals surface area contributed by atoms with E-state index < -0.39 is 11.9 Å². The standard InChI is InChI=1S/C24H23Cl2N3O2/c1-2-3-4-5-14-28-23(30)22-21(16-6-8-17(25)9-7-16)20(15-27)24(31)29(22)19-12-10-18(26)11-13-19/h6-13,22H,2-5,14H2,1H3,(H,28,30). The Morgan fingerprint density at radius 1 is 1.03 bits per heavy atom. The third kappa shape index (κ3) is 5.10. The SMILES string of the molecule is CCCCCCNC(=O)C1C(c2ccc(Cl)cc2)=C(C#N)C(=O)N1c1ccc(Cl)cc1. The van der Waals surface area contributed by atoms with Gasteiger partial charge < -0.3 is 5.32 Å². The van der Waals surface area contributed by atoms with Gasteiger partial charge in [-0.15, -0.1) is 0 Å². The number of unbranched alkanes of at least 4 members (excludes halogenated alkanes) is 3. The molecule has 7 heteroatoms. The molecule has 1 aliphatic rings. The highest BCUT2D eigenvalue weighted by molar-refractivity contribution is 6.31. The first-order valence-electron chi connectivity index (χ1n) is 10.2. The molecule has 0 radical (unpaired) electrons. The first-order valence-corrected chi connectivity index (χ1v) is 11.0. The van der Waals surface area contributed by atoms with E-state index in [0.29, 0.717) is 33.4 Å². The number of carbonyl (C=O) groups is 2. The minimum absolute atomic E-state index is 0.0524. The van der Waals surface area contributed by atoms with Crippen molar-refractivity contribution in [1.82, 2.24) is 5.32 Å². The zero-order valence-corrected chi connectivity index (χ0v) is 18.7. The number of amides is 2. The Balaban J connectivity index is 2.00. The van der Waals surface area contributed by atoms with Crippen LogP contribution in [-0.2, 0) is 9.59 Å². The molecule has 1 N–H and O–H groups in total. The summed E-state index contributed by atoms with van der Waals surface area (Å²) in [5.74, 6) is -0.837. The van der Waals surface area contributed by atoms with Crippen LogP contribution >= 0.6 is 23.2 Å². The average Bonchev–Trinajstić information content (AvgIpc) is 3.06. The molecular weight excluding hydrogens is 433 g/mol. The number of carbonyl (C=O) groups excluding carboxylic acids is 2. The van der Waals surface area contributed by atoms with Crippen LogP contribution in [0.1, 0.15) is 38.2 Å². The third-order valence-electron chi connectivity index (χ3n) is 5.18. The molecule has 1 atom stereocenters. The van der Waals surface area contributed by atoms with Gasteiger partial charge in [0, 0.05) is 27.9 Å². The van der Waals surface area contributed by atoms with Crippen molar-refractivity contribution in [3.8, 4) is 6.07 Å². The van der Waals surface area contributed by atoms with Crippen LogP contribution in [0.15, 0.2) is 54.1 Å². The van der Waals surface area contributed by atoms with Crippen molar-refractivity contribution in [3.05, 3.63) is 69.7 Å².